The van der Waals surface area contributed by atoms with E-state index in [4.69, 9.17) is 4.74 Å². The first-order chi connectivity index (χ1) is 14.5. The Hall–Kier alpha value is -3.35. The molecule has 0 radical (unpaired) electrons. The molecule has 1 heterocycles. The number of carbonyl (C=O) groups excluding carboxylic acids is 2. The summed E-state index contributed by atoms with van der Waals surface area (Å²) in [6.45, 7) is 2.52. The van der Waals surface area contributed by atoms with E-state index in [2.05, 4.69) is 10.4 Å². The van der Waals surface area contributed by atoms with Crippen molar-refractivity contribution in [2.45, 2.75) is 25.8 Å². The Balaban J connectivity index is 1.81. The molecule has 0 fully saturated rings. The van der Waals surface area contributed by atoms with Gasteiger partial charge in [0.15, 0.2) is 0 Å². The maximum atomic E-state index is 13.1. The van der Waals surface area contributed by atoms with Crippen LogP contribution >= 0.6 is 0 Å². The van der Waals surface area contributed by atoms with Crippen LogP contribution in [0.1, 0.15) is 36.9 Å². The van der Waals surface area contributed by atoms with Gasteiger partial charge in [0, 0.05) is 20.0 Å². The topological polar surface area (TPSA) is 74.2 Å². The monoisotopic (exact) mass is 408 g/mol. The lowest BCUT2D eigenvalue weighted by atomic mass is 9.98. The molecule has 0 aliphatic carbocycles. The number of nitrogens with one attached hydrogen (secondary N) is 1. The second kappa shape index (κ2) is 9.91. The van der Waals surface area contributed by atoms with Gasteiger partial charge in [0.2, 0.25) is 0 Å². The molecule has 0 spiro atoms. The molecule has 1 atom stereocenters. The Kier molecular flexibility index (Phi) is 7.06. The summed E-state index contributed by atoms with van der Waals surface area (Å²) in [5, 5.41) is 8.94. The molecule has 2 aromatic rings. The molecule has 3 amide bonds. The number of rotatable bonds is 7. The second-order valence-electron chi connectivity index (χ2n) is 7.23. The minimum absolute atomic E-state index is 0.0434. The van der Waals surface area contributed by atoms with Crippen LogP contribution in [0, 0.1) is 0 Å². The molecule has 0 aromatic heterocycles. The van der Waals surface area contributed by atoms with Gasteiger partial charge in [0.1, 0.15) is 12.3 Å². The van der Waals surface area contributed by atoms with E-state index >= 15 is 0 Å². The molecule has 2 aromatic carbocycles. The highest BCUT2D eigenvalue weighted by molar-refractivity contribution is 6.03. The van der Waals surface area contributed by atoms with Crippen LogP contribution in [-0.4, -0.2) is 54.8 Å². The molecule has 1 aliphatic heterocycles. The lowest BCUT2D eigenvalue weighted by molar-refractivity contribution is -0.133. The fourth-order valence-electron chi connectivity index (χ4n) is 3.35. The molecule has 0 saturated carbocycles. The number of methoxy groups -OCH3 is 1. The van der Waals surface area contributed by atoms with E-state index in [1.165, 1.54) is 9.91 Å². The summed E-state index contributed by atoms with van der Waals surface area (Å²) >= 11 is 0. The first-order valence-corrected chi connectivity index (χ1v) is 10.1. The highest BCUT2D eigenvalue weighted by Crippen LogP contribution is 2.33. The third kappa shape index (κ3) is 4.97. The van der Waals surface area contributed by atoms with Gasteiger partial charge in [-0.2, -0.15) is 5.10 Å². The standard InChI is InChI=1S/C23H28N4O3/c1-4-14-24-23(29)26(2)16-22(28)27-21(18-8-6-5-7-9-18)15-20(25-27)17-10-12-19(30-3)13-11-17/h5-13,21H,4,14-16H2,1-3H3,(H,24,29)/t21-/m1/s1. The predicted molar refractivity (Wildman–Crippen MR) is 116 cm³/mol. The van der Waals surface area contributed by atoms with Crippen molar-refractivity contribution >= 4 is 17.6 Å². The van der Waals surface area contributed by atoms with Crippen molar-refractivity contribution in [2.75, 3.05) is 27.2 Å². The average Bonchev–Trinajstić information content (AvgIpc) is 3.23. The zero-order chi connectivity index (χ0) is 21.5. The van der Waals surface area contributed by atoms with Crippen LogP contribution in [-0.2, 0) is 4.79 Å². The molecular weight excluding hydrogens is 380 g/mol. The number of hydrazone groups is 1. The van der Waals surface area contributed by atoms with Crippen molar-refractivity contribution in [3.8, 4) is 5.75 Å². The molecule has 7 nitrogen and oxygen atoms in total. The number of amides is 3. The molecule has 0 unspecified atom stereocenters. The number of benzene rings is 2. The largest absolute Gasteiger partial charge is 0.497 e. The van der Waals surface area contributed by atoms with Crippen molar-refractivity contribution in [1.82, 2.24) is 15.2 Å². The van der Waals surface area contributed by atoms with Gasteiger partial charge in [-0.1, -0.05) is 37.3 Å². The van der Waals surface area contributed by atoms with Crippen LogP contribution in [0.5, 0.6) is 5.75 Å². The number of urea groups is 1. The third-order valence-electron chi connectivity index (χ3n) is 5.02. The first kappa shape index (κ1) is 21.4. The zero-order valence-electron chi connectivity index (χ0n) is 17.7. The van der Waals surface area contributed by atoms with E-state index < -0.39 is 0 Å². The van der Waals surface area contributed by atoms with Crippen LogP contribution in [0.3, 0.4) is 0 Å². The molecule has 3 rings (SSSR count). The number of carbonyl (C=O) groups is 2. The predicted octanol–water partition coefficient (Wildman–Crippen LogP) is 3.42. The van der Waals surface area contributed by atoms with E-state index in [0.29, 0.717) is 13.0 Å². The maximum absolute atomic E-state index is 13.1. The summed E-state index contributed by atoms with van der Waals surface area (Å²) in [4.78, 5) is 26.6. The quantitative estimate of drug-likeness (QED) is 0.763. The number of ether oxygens (including phenoxy) is 1. The Morgan fingerprint density at radius 3 is 2.50 bits per heavy atom. The smallest absolute Gasteiger partial charge is 0.317 e. The Morgan fingerprint density at radius 1 is 1.17 bits per heavy atom. The van der Waals surface area contributed by atoms with Gasteiger partial charge in [-0.15, -0.1) is 0 Å². The molecule has 7 heteroatoms. The van der Waals surface area contributed by atoms with Gasteiger partial charge in [0.05, 0.1) is 18.9 Å². The number of likely N-dealkylation sites (N-methyl/N-ethyl adjacent to an activating group) is 1. The maximum Gasteiger partial charge on any atom is 0.317 e. The van der Waals surface area contributed by atoms with Crippen LogP contribution in [0.25, 0.3) is 0 Å². The van der Waals surface area contributed by atoms with Gasteiger partial charge in [-0.25, -0.2) is 9.80 Å². The van der Waals surface area contributed by atoms with Crippen molar-refractivity contribution < 1.29 is 14.3 Å². The minimum Gasteiger partial charge on any atom is -0.497 e. The lowest BCUT2D eigenvalue weighted by Gasteiger charge is -2.25. The SMILES string of the molecule is CCCNC(=O)N(C)CC(=O)N1N=C(c2ccc(OC)cc2)C[C@@H]1c1ccccc1. The van der Waals surface area contributed by atoms with Gasteiger partial charge in [-0.05, 0) is 41.8 Å². The number of hydrogen-bond donors (Lipinski definition) is 1. The van der Waals surface area contributed by atoms with Crippen LogP contribution in [0.4, 0.5) is 4.79 Å². The van der Waals surface area contributed by atoms with Crippen molar-refractivity contribution in [1.29, 1.82) is 0 Å². The molecule has 0 bridgehead atoms. The van der Waals surface area contributed by atoms with Crippen molar-refractivity contribution in [2.24, 2.45) is 5.10 Å². The van der Waals surface area contributed by atoms with Gasteiger partial charge >= 0.3 is 6.03 Å². The van der Waals surface area contributed by atoms with E-state index in [9.17, 15) is 9.59 Å². The molecule has 158 valence electrons. The van der Waals surface area contributed by atoms with Crippen molar-refractivity contribution in [3.05, 3.63) is 65.7 Å². The summed E-state index contributed by atoms with van der Waals surface area (Å²) in [6, 6.07) is 17.0. The fraction of sp³-hybridized carbons (Fsp3) is 0.348. The first-order valence-electron chi connectivity index (χ1n) is 10.1. The van der Waals surface area contributed by atoms with Gasteiger partial charge in [-0.3, -0.25) is 4.79 Å². The number of nitrogens with zero attached hydrogens (tertiary/aromatic N) is 3. The second-order valence-corrected chi connectivity index (χ2v) is 7.23. The Morgan fingerprint density at radius 2 is 1.87 bits per heavy atom. The average molecular weight is 409 g/mol. The normalized spacial score (nSPS) is 15.5. The third-order valence-corrected chi connectivity index (χ3v) is 5.02. The van der Waals surface area contributed by atoms with Crippen molar-refractivity contribution in [3.63, 3.8) is 0 Å². The number of hydrogen-bond acceptors (Lipinski definition) is 4. The Bertz CT molecular complexity index is 896. The van der Waals surface area contributed by atoms with E-state index in [-0.39, 0.29) is 24.5 Å². The summed E-state index contributed by atoms with van der Waals surface area (Å²) < 4.78 is 5.23. The minimum atomic E-state index is -0.264. The molecule has 1 aliphatic rings. The van der Waals surface area contributed by atoms with Gasteiger partial charge < -0.3 is 15.0 Å². The fourth-order valence-corrected chi connectivity index (χ4v) is 3.35. The van der Waals surface area contributed by atoms with E-state index in [0.717, 1.165) is 29.0 Å². The van der Waals surface area contributed by atoms with Crippen LogP contribution in [0.2, 0.25) is 0 Å². The van der Waals surface area contributed by atoms with E-state index in [1.807, 2.05) is 61.5 Å². The summed E-state index contributed by atoms with van der Waals surface area (Å²) in [5.41, 5.74) is 2.79. The van der Waals surface area contributed by atoms with Gasteiger partial charge in [0.25, 0.3) is 5.91 Å². The molecular formula is C23H28N4O3. The van der Waals surface area contributed by atoms with E-state index in [1.54, 1.807) is 14.2 Å². The Labute approximate surface area is 177 Å². The lowest BCUT2D eigenvalue weighted by Crippen LogP contribution is -2.43. The summed E-state index contributed by atoms with van der Waals surface area (Å²) in [6.07, 6.45) is 1.44. The highest BCUT2D eigenvalue weighted by atomic mass is 16.5. The molecule has 30 heavy (non-hydrogen) atoms. The van der Waals surface area contributed by atoms with Crippen LogP contribution in [0.15, 0.2) is 59.7 Å². The highest BCUT2D eigenvalue weighted by Gasteiger charge is 2.33. The van der Waals surface area contributed by atoms with Crippen LogP contribution < -0.4 is 10.1 Å². The molecule has 1 N–H and O–H groups in total. The summed E-state index contributed by atoms with van der Waals surface area (Å²) in [5.74, 6) is 0.547. The zero-order valence-corrected chi connectivity index (χ0v) is 17.7. The molecule has 0 saturated heterocycles. The summed E-state index contributed by atoms with van der Waals surface area (Å²) in [7, 11) is 3.24.